The summed E-state index contributed by atoms with van der Waals surface area (Å²) in [5, 5.41) is 3.50. The molecule has 0 aliphatic carbocycles. The van der Waals surface area contributed by atoms with E-state index in [0.717, 1.165) is 10.6 Å². The van der Waals surface area contributed by atoms with Crippen LogP contribution in [-0.4, -0.2) is 57.1 Å². The molecular formula is C24H31Cl2N3O5S. The Balaban J connectivity index is 2.49. The van der Waals surface area contributed by atoms with E-state index >= 15 is 0 Å². The molecule has 0 aliphatic heterocycles. The van der Waals surface area contributed by atoms with Crippen molar-refractivity contribution < 1.29 is 22.7 Å². The number of benzene rings is 2. The summed E-state index contributed by atoms with van der Waals surface area (Å²) in [5.41, 5.74) is 0.757. The SMILES string of the molecule is CCC(C(=O)NC(C)C)N(Cc1c(Cl)cccc1Cl)C(=O)CN(c1ccc(OC)cc1)S(C)(=O)=O. The topological polar surface area (TPSA) is 96.0 Å². The minimum Gasteiger partial charge on any atom is -0.497 e. The van der Waals surface area contributed by atoms with E-state index in [1.54, 1.807) is 49.4 Å². The number of nitrogens with zero attached hydrogens (tertiary/aromatic N) is 2. The van der Waals surface area contributed by atoms with Gasteiger partial charge < -0.3 is 15.0 Å². The third-order valence-corrected chi connectivity index (χ3v) is 7.10. The zero-order chi connectivity index (χ0) is 26.3. The second-order valence-corrected chi connectivity index (χ2v) is 11.0. The molecule has 0 saturated carbocycles. The van der Waals surface area contributed by atoms with E-state index in [4.69, 9.17) is 27.9 Å². The monoisotopic (exact) mass is 543 g/mol. The maximum absolute atomic E-state index is 13.6. The Kier molecular flexibility index (Phi) is 10.2. The van der Waals surface area contributed by atoms with Gasteiger partial charge in [0.15, 0.2) is 0 Å². The Hall–Kier alpha value is -2.49. The van der Waals surface area contributed by atoms with E-state index in [0.29, 0.717) is 27.8 Å². The van der Waals surface area contributed by atoms with Crippen molar-refractivity contribution in [3.63, 3.8) is 0 Å². The summed E-state index contributed by atoms with van der Waals surface area (Å²) < 4.78 is 31.4. The Bertz CT molecular complexity index is 1120. The molecule has 0 bridgehead atoms. The maximum Gasteiger partial charge on any atom is 0.244 e. The van der Waals surface area contributed by atoms with Gasteiger partial charge in [-0.25, -0.2) is 8.42 Å². The van der Waals surface area contributed by atoms with Crippen molar-refractivity contribution in [2.24, 2.45) is 0 Å². The summed E-state index contributed by atoms with van der Waals surface area (Å²) in [5.74, 6) is -0.387. The van der Waals surface area contributed by atoms with Gasteiger partial charge in [-0.3, -0.25) is 13.9 Å². The van der Waals surface area contributed by atoms with Crippen molar-refractivity contribution in [3.8, 4) is 5.75 Å². The number of nitrogens with one attached hydrogen (secondary N) is 1. The van der Waals surface area contributed by atoms with Gasteiger partial charge in [-0.2, -0.15) is 0 Å². The molecule has 35 heavy (non-hydrogen) atoms. The van der Waals surface area contributed by atoms with Crippen molar-refractivity contribution in [1.82, 2.24) is 10.2 Å². The molecule has 2 aromatic carbocycles. The fourth-order valence-corrected chi connectivity index (χ4v) is 4.88. The second kappa shape index (κ2) is 12.5. The van der Waals surface area contributed by atoms with Crippen molar-refractivity contribution in [2.75, 3.05) is 24.2 Å². The van der Waals surface area contributed by atoms with Gasteiger partial charge in [0.1, 0.15) is 18.3 Å². The molecule has 2 aromatic rings. The lowest BCUT2D eigenvalue weighted by Gasteiger charge is -2.33. The van der Waals surface area contributed by atoms with Crippen LogP contribution in [0.2, 0.25) is 10.0 Å². The first-order chi connectivity index (χ1) is 16.4. The number of ether oxygens (including phenoxy) is 1. The van der Waals surface area contributed by atoms with Crippen LogP contribution in [0.25, 0.3) is 0 Å². The van der Waals surface area contributed by atoms with Gasteiger partial charge in [0.05, 0.1) is 19.1 Å². The van der Waals surface area contributed by atoms with Crippen molar-refractivity contribution >= 4 is 50.7 Å². The summed E-state index contributed by atoms with van der Waals surface area (Å²) >= 11 is 12.7. The van der Waals surface area contributed by atoms with Gasteiger partial charge in [-0.05, 0) is 56.7 Å². The number of rotatable bonds is 11. The summed E-state index contributed by atoms with van der Waals surface area (Å²) in [6, 6.07) is 10.2. The fourth-order valence-electron chi connectivity index (χ4n) is 3.52. The van der Waals surface area contributed by atoms with Crippen molar-refractivity contribution in [1.29, 1.82) is 0 Å². The predicted octanol–water partition coefficient (Wildman–Crippen LogP) is 4.10. The van der Waals surface area contributed by atoms with Crippen LogP contribution in [-0.2, 0) is 26.2 Å². The molecule has 11 heteroatoms. The van der Waals surface area contributed by atoms with Gasteiger partial charge in [0, 0.05) is 28.2 Å². The summed E-state index contributed by atoms with van der Waals surface area (Å²) in [6.07, 6.45) is 1.32. The van der Waals surface area contributed by atoms with Gasteiger partial charge in [0.25, 0.3) is 0 Å². The number of anilines is 1. The lowest BCUT2D eigenvalue weighted by molar-refractivity contribution is -0.140. The van der Waals surface area contributed by atoms with Crippen LogP contribution in [0, 0.1) is 0 Å². The lowest BCUT2D eigenvalue weighted by Crippen LogP contribution is -2.53. The smallest absolute Gasteiger partial charge is 0.244 e. The number of sulfonamides is 1. The first kappa shape index (κ1) is 28.7. The molecule has 0 heterocycles. The molecule has 1 atom stereocenters. The highest BCUT2D eigenvalue weighted by Gasteiger charge is 2.32. The van der Waals surface area contributed by atoms with Crippen molar-refractivity contribution in [3.05, 3.63) is 58.1 Å². The van der Waals surface area contributed by atoms with Crippen LogP contribution in [0.5, 0.6) is 5.75 Å². The average Bonchev–Trinajstić information content (AvgIpc) is 2.78. The van der Waals surface area contributed by atoms with E-state index in [9.17, 15) is 18.0 Å². The highest BCUT2D eigenvalue weighted by Crippen LogP contribution is 2.28. The zero-order valence-corrected chi connectivity index (χ0v) is 22.7. The van der Waals surface area contributed by atoms with Crippen LogP contribution in [0.1, 0.15) is 32.8 Å². The summed E-state index contributed by atoms with van der Waals surface area (Å²) in [4.78, 5) is 28.0. The molecule has 2 rings (SSSR count). The fraction of sp³-hybridized carbons (Fsp3) is 0.417. The standard InChI is InChI=1S/C24H31Cl2N3O5S/c1-6-22(24(31)27-16(2)3)28(14-19-20(25)8-7-9-21(19)26)23(30)15-29(35(5,32)33)17-10-12-18(34-4)13-11-17/h7-13,16,22H,6,14-15H2,1-5H3,(H,27,31). The number of halogens is 2. The normalized spacial score (nSPS) is 12.2. The molecule has 0 aromatic heterocycles. The van der Waals surface area contributed by atoms with Crippen molar-refractivity contribution in [2.45, 2.75) is 45.8 Å². The zero-order valence-electron chi connectivity index (χ0n) is 20.4. The van der Waals surface area contributed by atoms with Crippen LogP contribution < -0.4 is 14.4 Å². The average molecular weight is 545 g/mol. The van der Waals surface area contributed by atoms with E-state index in [-0.39, 0.29) is 24.2 Å². The van der Waals surface area contributed by atoms with Crippen LogP contribution >= 0.6 is 23.2 Å². The Morgan fingerprint density at radius 1 is 1.06 bits per heavy atom. The molecule has 1 N–H and O–H groups in total. The number of hydrogen-bond donors (Lipinski definition) is 1. The minimum atomic E-state index is -3.83. The quantitative estimate of drug-likeness (QED) is 0.460. The number of hydrogen-bond acceptors (Lipinski definition) is 5. The Morgan fingerprint density at radius 3 is 2.09 bits per heavy atom. The molecule has 0 saturated heterocycles. The molecule has 0 spiro atoms. The van der Waals surface area contributed by atoms with Gasteiger partial charge in [0.2, 0.25) is 21.8 Å². The van der Waals surface area contributed by atoms with E-state index < -0.39 is 28.5 Å². The largest absolute Gasteiger partial charge is 0.497 e. The Morgan fingerprint density at radius 2 is 1.63 bits per heavy atom. The number of amides is 2. The maximum atomic E-state index is 13.6. The number of carbonyl (C=O) groups is 2. The number of carbonyl (C=O) groups excluding carboxylic acids is 2. The Labute approximate surface area is 217 Å². The molecule has 0 radical (unpaired) electrons. The van der Waals surface area contributed by atoms with E-state index in [2.05, 4.69) is 5.32 Å². The lowest BCUT2D eigenvalue weighted by atomic mass is 10.1. The van der Waals surface area contributed by atoms with E-state index in [1.165, 1.54) is 12.0 Å². The highest BCUT2D eigenvalue weighted by molar-refractivity contribution is 7.92. The third kappa shape index (κ3) is 7.75. The van der Waals surface area contributed by atoms with Gasteiger partial charge in [-0.15, -0.1) is 0 Å². The highest BCUT2D eigenvalue weighted by atomic mass is 35.5. The van der Waals surface area contributed by atoms with Gasteiger partial charge >= 0.3 is 0 Å². The summed E-state index contributed by atoms with van der Waals surface area (Å²) in [6.45, 7) is 4.82. The summed E-state index contributed by atoms with van der Waals surface area (Å²) in [7, 11) is -2.34. The first-order valence-corrected chi connectivity index (χ1v) is 13.6. The molecule has 0 aliphatic rings. The number of methoxy groups -OCH3 is 1. The van der Waals surface area contributed by atoms with Crippen LogP contribution in [0.15, 0.2) is 42.5 Å². The molecule has 8 nitrogen and oxygen atoms in total. The van der Waals surface area contributed by atoms with Gasteiger partial charge in [-0.1, -0.05) is 36.2 Å². The van der Waals surface area contributed by atoms with E-state index in [1.807, 2.05) is 13.8 Å². The molecule has 1 unspecified atom stereocenters. The first-order valence-electron chi connectivity index (χ1n) is 11.0. The van der Waals surface area contributed by atoms with Crippen LogP contribution in [0.3, 0.4) is 0 Å². The molecule has 0 fully saturated rings. The second-order valence-electron chi connectivity index (χ2n) is 8.28. The molecule has 192 valence electrons. The predicted molar refractivity (Wildman–Crippen MR) is 140 cm³/mol. The third-order valence-electron chi connectivity index (χ3n) is 5.25. The molecular weight excluding hydrogens is 513 g/mol. The molecule has 2 amide bonds. The van der Waals surface area contributed by atoms with Crippen LogP contribution in [0.4, 0.5) is 5.69 Å². The minimum absolute atomic E-state index is 0.0679.